The third kappa shape index (κ3) is 3.99. The van der Waals surface area contributed by atoms with Crippen LogP contribution in [0.15, 0.2) is 11.1 Å². The molecule has 0 saturated carbocycles. The third-order valence-electron chi connectivity index (χ3n) is 5.97. The van der Waals surface area contributed by atoms with Crippen LogP contribution in [-0.4, -0.2) is 30.1 Å². The van der Waals surface area contributed by atoms with Gasteiger partial charge in [0.05, 0.1) is 24.5 Å². The first-order valence-electron chi connectivity index (χ1n) is 9.75. The van der Waals surface area contributed by atoms with Crippen molar-refractivity contribution < 1.29 is 24.2 Å². The van der Waals surface area contributed by atoms with Crippen LogP contribution < -0.4 is 5.32 Å². The van der Waals surface area contributed by atoms with Gasteiger partial charge >= 0.3 is 11.9 Å². The highest BCUT2D eigenvalue weighted by Gasteiger charge is 2.38. The van der Waals surface area contributed by atoms with Crippen molar-refractivity contribution in [2.24, 2.45) is 11.8 Å². The van der Waals surface area contributed by atoms with Gasteiger partial charge in [-0.05, 0) is 57.9 Å². The molecule has 28 heavy (non-hydrogen) atoms. The Hall–Kier alpha value is -2.15. The molecule has 0 aliphatic heterocycles. The number of rotatable bonds is 4. The van der Waals surface area contributed by atoms with E-state index < -0.39 is 23.8 Å². The van der Waals surface area contributed by atoms with Crippen molar-refractivity contribution in [1.82, 2.24) is 0 Å². The van der Waals surface area contributed by atoms with Gasteiger partial charge in [0, 0.05) is 4.88 Å². The maximum atomic E-state index is 13.0. The molecule has 152 valence electrons. The van der Waals surface area contributed by atoms with Crippen LogP contribution in [0.2, 0.25) is 0 Å². The van der Waals surface area contributed by atoms with E-state index in [4.69, 9.17) is 4.74 Å². The van der Waals surface area contributed by atoms with Crippen LogP contribution in [0, 0.1) is 11.8 Å². The number of carbonyl (C=O) groups excluding carboxylic acids is 2. The number of nitrogens with one attached hydrogen (secondary N) is 1. The number of anilines is 1. The van der Waals surface area contributed by atoms with Crippen LogP contribution in [0.5, 0.6) is 0 Å². The summed E-state index contributed by atoms with van der Waals surface area (Å²) in [4.78, 5) is 38.3. The van der Waals surface area contributed by atoms with E-state index in [0.717, 1.165) is 53.7 Å². The molecule has 0 aromatic carbocycles. The standard InChI is InChI=1S/C21H27NO5S/c1-11-9-14(15(20(24)25)10-12(11)2)18(23)22-19-17(21(26)27-3)13-7-5-4-6-8-16(13)28-19/h14-15H,4-10H2,1-3H3,(H,22,23)(H,24,25)/t14-,15-/m0/s1. The van der Waals surface area contributed by atoms with E-state index in [-0.39, 0.29) is 5.91 Å². The first-order valence-corrected chi connectivity index (χ1v) is 10.6. The predicted molar refractivity (Wildman–Crippen MR) is 108 cm³/mol. The highest BCUT2D eigenvalue weighted by atomic mass is 32.1. The van der Waals surface area contributed by atoms with E-state index in [9.17, 15) is 19.5 Å². The van der Waals surface area contributed by atoms with Crippen LogP contribution in [0.3, 0.4) is 0 Å². The van der Waals surface area contributed by atoms with E-state index in [1.807, 2.05) is 13.8 Å². The number of aliphatic carboxylic acids is 1. The molecule has 0 spiro atoms. The molecule has 1 heterocycles. The minimum Gasteiger partial charge on any atom is -0.481 e. The molecule has 7 heteroatoms. The quantitative estimate of drug-likeness (QED) is 0.445. The number of esters is 1. The zero-order valence-electron chi connectivity index (χ0n) is 16.6. The fourth-order valence-corrected chi connectivity index (χ4v) is 5.46. The molecule has 2 aliphatic rings. The molecule has 0 saturated heterocycles. The van der Waals surface area contributed by atoms with Crippen LogP contribution in [-0.2, 0) is 27.2 Å². The summed E-state index contributed by atoms with van der Waals surface area (Å²) in [5, 5.41) is 13.0. The number of fused-ring (bicyclic) bond motifs is 1. The zero-order valence-corrected chi connectivity index (χ0v) is 17.4. The minimum atomic E-state index is -0.956. The second-order valence-electron chi connectivity index (χ2n) is 7.77. The van der Waals surface area contributed by atoms with E-state index in [0.29, 0.717) is 23.4 Å². The van der Waals surface area contributed by atoms with Crippen molar-refractivity contribution >= 4 is 34.2 Å². The number of hydrogen-bond acceptors (Lipinski definition) is 5. The number of carboxylic acids is 1. The van der Waals surface area contributed by atoms with E-state index in [1.54, 1.807) is 0 Å². The summed E-state index contributed by atoms with van der Waals surface area (Å²) in [6.07, 6.45) is 5.69. The number of ether oxygens (including phenoxy) is 1. The summed E-state index contributed by atoms with van der Waals surface area (Å²) in [6, 6.07) is 0. The van der Waals surface area contributed by atoms with Gasteiger partial charge < -0.3 is 15.2 Å². The summed E-state index contributed by atoms with van der Waals surface area (Å²) in [6.45, 7) is 3.87. The molecule has 0 unspecified atom stereocenters. The van der Waals surface area contributed by atoms with Crippen LogP contribution in [0.1, 0.15) is 66.8 Å². The van der Waals surface area contributed by atoms with Gasteiger partial charge in [-0.3, -0.25) is 9.59 Å². The number of allylic oxidation sites excluding steroid dienone is 2. The van der Waals surface area contributed by atoms with Gasteiger partial charge in [0.15, 0.2) is 0 Å². The fourth-order valence-electron chi connectivity index (χ4n) is 4.18. The summed E-state index contributed by atoms with van der Waals surface area (Å²) < 4.78 is 4.97. The molecular weight excluding hydrogens is 378 g/mol. The minimum absolute atomic E-state index is 0.333. The van der Waals surface area contributed by atoms with Crippen LogP contribution in [0.4, 0.5) is 5.00 Å². The Morgan fingerprint density at radius 3 is 2.32 bits per heavy atom. The highest BCUT2D eigenvalue weighted by Crippen LogP contribution is 2.40. The maximum Gasteiger partial charge on any atom is 0.341 e. The Labute approximate surface area is 169 Å². The van der Waals surface area contributed by atoms with E-state index >= 15 is 0 Å². The van der Waals surface area contributed by atoms with Gasteiger partial charge in [0.25, 0.3) is 0 Å². The SMILES string of the molecule is COC(=O)c1c(NC(=O)[C@H]2CC(C)=C(C)C[C@@H]2C(=O)O)sc2c1CCCCC2. The Morgan fingerprint density at radius 2 is 1.68 bits per heavy atom. The largest absolute Gasteiger partial charge is 0.481 e. The average molecular weight is 406 g/mol. The van der Waals surface area contributed by atoms with E-state index in [1.165, 1.54) is 18.4 Å². The number of amides is 1. The Balaban J connectivity index is 1.91. The van der Waals surface area contributed by atoms with Crippen molar-refractivity contribution in [1.29, 1.82) is 0 Å². The normalized spacial score (nSPS) is 22.2. The molecule has 1 aromatic heterocycles. The number of thiophene rings is 1. The lowest BCUT2D eigenvalue weighted by Crippen LogP contribution is -2.36. The maximum absolute atomic E-state index is 13.0. The van der Waals surface area contributed by atoms with Crippen molar-refractivity contribution in [2.45, 2.75) is 58.8 Å². The number of aryl methyl sites for hydroxylation is 1. The van der Waals surface area contributed by atoms with Crippen molar-refractivity contribution in [2.75, 3.05) is 12.4 Å². The molecule has 3 rings (SSSR count). The molecule has 2 atom stereocenters. The number of methoxy groups -OCH3 is 1. The summed E-state index contributed by atoms with van der Waals surface area (Å²) >= 11 is 1.43. The summed E-state index contributed by atoms with van der Waals surface area (Å²) in [5.74, 6) is -3.13. The molecular formula is C21H27NO5S. The molecule has 0 fully saturated rings. The van der Waals surface area contributed by atoms with Crippen LogP contribution >= 0.6 is 11.3 Å². The van der Waals surface area contributed by atoms with Crippen molar-refractivity contribution in [3.05, 3.63) is 27.2 Å². The summed E-state index contributed by atoms with van der Waals surface area (Å²) in [5.41, 5.74) is 3.53. The monoisotopic (exact) mass is 405 g/mol. The van der Waals surface area contributed by atoms with Gasteiger partial charge in [-0.15, -0.1) is 11.3 Å². The Kier molecular flexibility index (Phi) is 6.23. The van der Waals surface area contributed by atoms with Crippen molar-refractivity contribution in [3.63, 3.8) is 0 Å². The molecule has 0 bridgehead atoms. The first-order chi connectivity index (χ1) is 13.3. The topological polar surface area (TPSA) is 92.7 Å². The molecule has 1 aromatic rings. The van der Waals surface area contributed by atoms with Crippen molar-refractivity contribution in [3.8, 4) is 0 Å². The number of carboxylic acid groups (broad SMARTS) is 1. The zero-order chi connectivity index (χ0) is 20.4. The molecule has 6 nitrogen and oxygen atoms in total. The van der Waals surface area contributed by atoms with Gasteiger partial charge in [-0.25, -0.2) is 4.79 Å². The molecule has 2 aliphatic carbocycles. The molecule has 1 amide bonds. The number of hydrogen-bond donors (Lipinski definition) is 2. The predicted octanol–water partition coefficient (Wildman–Crippen LogP) is 4.19. The highest BCUT2D eigenvalue weighted by molar-refractivity contribution is 7.17. The van der Waals surface area contributed by atoms with E-state index in [2.05, 4.69) is 5.32 Å². The molecule has 0 radical (unpaired) electrons. The Bertz CT molecular complexity index is 838. The first kappa shape index (κ1) is 20.6. The summed E-state index contributed by atoms with van der Waals surface area (Å²) in [7, 11) is 1.34. The lowest BCUT2D eigenvalue weighted by atomic mass is 9.76. The van der Waals surface area contributed by atoms with Gasteiger partial charge in [0.1, 0.15) is 5.00 Å². The van der Waals surface area contributed by atoms with Crippen LogP contribution in [0.25, 0.3) is 0 Å². The van der Waals surface area contributed by atoms with Gasteiger partial charge in [-0.2, -0.15) is 0 Å². The van der Waals surface area contributed by atoms with Gasteiger partial charge in [-0.1, -0.05) is 17.6 Å². The lowest BCUT2D eigenvalue weighted by Gasteiger charge is -2.29. The third-order valence-corrected chi connectivity index (χ3v) is 7.18. The average Bonchev–Trinajstić information content (AvgIpc) is 2.83. The number of carbonyl (C=O) groups is 3. The Morgan fingerprint density at radius 1 is 1.04 bits per heavy atom. The lowest BCUT2D eigenvalue weighted by molar-refractivity contribution is -0.146. The van der Waals surface area contributed by atoms with Gasteiger partial charge in [0.2, 0.25) is 5.91 Å². The second-order valence-corrected chi connectivity index (χ2v) is 8.87. The second kappa shape index (κ2) is 8.47. The molecule has 2 N–H and O–H groups in total. The fraction of sp³-hybridized carbons (Fsp3) is 0.571. The smallest absolute Gasteiger partial charge is 0.341 e.